The number of H-pyrrole nitrogens is 1. The summed E-state index contributed by atoms with van der Waals surface area (Å²) in [6, 6.07) is 8.97. The molecule has 2 heterocycles. The SMILES string of the molecule is CCC/C(=C1\CCCNC1)c1ccc2[nH]ccc2c1. The Hall–Kier alpha value is -1.54. The van der Waals surface area contributed by atoms with Crippen molar-refractivity contribution >= 4 is 16.5 Å². The van der Waals surface area contributed by atoms with Crippen molar-refractivity contribution in [3.63, 3.8) is 0 Å². The fourth-order valence-electron chi connectivity index (χ4n) is 3.03. The zero-order valence-corrected chi connectivity index (χ0v) is 11.6. The number of aromatic nitrogens is 1. The fourth-order valence-corrected chi connectivity index (χ4v) is 3.03. The lowest BCUT2D eigenvalue weighted by Crippen LogP contribution is -2.24. The third-order valence-corrected chi connectivity index (χ3v) is 4.00. The molecule has 2 aromatic rings. The normalized spacial score (nSPS) is 18.8. The molecular formula is C17H22N2. The zero-order chi connectivity index (χ0) is 13.1. The Kier molecular flexibility index (Phi) is 3.69. The van der Waals surface area contributed by atoms with Gasteiger partial charge >= 0.3 is 0 Å². The summed E-state index contributed by atoms with van der Waals surface area (Å²) < 4.78 is 0. The van der Waals surface area contributed by atoms with Crippen LogP contribution in [0.4, 0.5) is 0 Å². The number of aromatic amines is 1. The Labute approximate surface area is 114 Å². The Morgan fingerprint density at radius 1 is 1.26 bits per heavy atom. The van der Waals surface area contributed by atoms with E-state index in [1.54, 1.807) is 11.1 Å². The van der Waals surface area contributed by atoms with Gasteiger partial charge in [-0.2, -0.15) is 0 Å². The maximum Gasteiger partial charge on any atom is 0.0454 e. The number of rotatable bonds is 3. The second-order valence-corrected chi connectivity index (χ2v) is 5.39. The summed E-state index contributed by atoms with van der Waals surface area (Å²) in [7, 11) is 0. The lowest BCUT2D eigenvalue weighted by Gasteiger charge is -2.21. The fraction of sp³-hybridized carbons (Fsp3) is 0.412. The van der Waals surface area contributed by atoms with Crippen molar-refractivity contribution in [2.75, 3.05) is 13.1 Å². The maximum absolute atomic E-state index is 3.51. The lowest BCUT2D eigenvalue weighted by molar-refractivity contribution is 0.609. The van der Waals surface area contributed by atoms with Crippen molar-refractivity contribution < 1.29 is 0 Å². The molecule has 1 aliphatic rings. The number of hydrogen-bond acceptors (Lipinski definition) is 1. The highest BCUT2D eigenvalue weighted by molar-refractivity contribution is 5.84. The summed E-state index contributed by atoms with van der Waals surface area (Å²) in [6.07, 6.45) is 6.95. The van der Waals surface area contributed by atoms with Crippen LogP contribution in [0.5, 0.6) is 0 Å². The van der Waals surface area contributed by atoms with Gasteiger partial charge < -0.3 is 10.3 Å². The highest BCUT2D eigenvalue weighted by atomic mass is 14.9. The molecule has 3 rings (SSSR count). The number of piperidine rings is 1. The lowest BCUT2D eigenvalue weighted by atomic mass is 9.91. The summed E-state index contributed by atoms with van der Waals surface area (Å²) in [5, 5.41) is 4.83. The monoisotopic (exact) mass is 254 g/mol. The molecule has 0 unspecified atom stereocenters. The highest BCUT2D eigenvalue weighted by Crippen LogP contribution is 2.29. The van der Waals surface area contributed by atoms with Crippen molar-refractivity contribution in [2.45, 2.75) is 32.6 Å². The van der Waals surface area contributed by atoms with Gasteiger partial charge in [-0.3, -0.25) is 0 Å². The largest absolute Gasteiger partial charge is 0.361 e. The van der Waals surface area contributed by atoms with E-state index in [2.05, 4.69) is 41.5 Å². The summed E-state index contributed by atoms with van der Waals surface area (Å²) in [6.45, 7) is 4.51. The molecule has 100 valence electrons. The van der Waals surface area contributed by atoms with E-state index in [9.17, 15) is 0 Å². The van der Waals surface area contributed by atoms with Gasteiger partial charge in [0.05, 0.1) is 0 Å². The summed E-state index contributed by atoms with van der Waals surface area (Å²) in [4.78, 5) is 3.27. The molecule has 0 amide bonds. The molecule has 2 N–H and O–H groups in total. The Balaban J connectivity index is 2.02. The molecule has 1 saturated heterocycles. The molecule has 19 heavy (non-hydrogen) atoms. The average molecular weight is 254 g/mol. The third kappa shape index (κ3) is 2.59. The minimum atomic E-state index is 1.07. The second kappa shape index (κ2) is 5.62. The van der Waals surface area contributed by atoms with Gasteiger partial charge in [0.1, 0.15) is 0 Å². The van der Waals surface area contributed by atoms with Gasteiger partial charge in [-0.15, -0.1) is 0 Å². The molecule has 2 nitrogen and oxygen atoms in total. The van der Waals surface area contributed by atoms with Gasteiger partial charge in [0.15, 0.2) is 0 Å². The van der Waals surface area contributed by atoms with E-state index in [0.29, 0.717) is 0 Å². The molecule has 0 saturated carbocycles. The number of hydrogen-bond donors (Lipinski definition) is 2. The van der Waals surface area contributed by atoms with Crippen LogP contribution in [-0.4, -0.2) is 18.1 Å². The van der Waals surface area contributed by atoms with Gasteiger partial charge in [0.25, 0.3) is 0 Å². The van der Waals surface area contributed by atoms with E-state index >= 15 is 0 Å². The summed E-state index contributed by atoms with van der Waals surface area (Å²) in [5.41, 5.74) is 5.82. The standard InChI is InChI=1S/C17H22N2/c1-2-4-16(15-5-3-9-18-12-15)13-6-7-17-14(11-13)8-10-19-17/h6-8,10-11,18-19H,2-5,9,12H2,1H3/b16-15-. The first-order valence-electron chi connectivity index (χ1n) is 7.37. The third-order valence-electron chi connectivity index (χ3n) is 4.00. The van der Waals surface area contributed by atoms with E-state index in [4.69, 9.17) is 0 Å². The molecule has 0 radical (unpaired) electrons. The van der Waals surface area contributed by atoms with Crippen LogP contribution in [0.1, 0.15) is 38.2 Å². The van der Waals surface area contributed by atoms with Crippen LogP contribution in [-0.2, 0) is 0 Å². The zero-order valence-electron chi connectivity index (χ0n) is 11.6. The van der Waals surface area contributed by atoms with Crippen LogP contribution in [0.2, 0.25) is 0 Å². The van der Waals surface area contributed by atoms with Crippen LogP contribution >= 0.6 is 0 Å². The Morgan fingerprint density at radius 2 is 2.21 bits per heavy atom. The van der Waals surface area contributed by atoms with Crippen molar-refractivity contribution in [1.82, 2.24) is 10.3 Å². The number of nitrogens with one attached hydrogen (secondary N) is 2. The van der Waals surface area contributed by atoms with E-state index in [1.807, 2.05) is 6.20 Å². The minimum absolute atomic E-state index is 1.07. The van der Waals surface area contributed by atoms with Gasteiger partial charge in [-0.1, -0.05) is 25.0 Å². The maximum atomic E-state index is 3.51. The van der Waals surface area contributed by atoms with E-state index in [0.717, 1.165) is 6.54 Å². The molecule has 0 atom stereocenters. The van der Waals surface area contributed by atoms with Gasteiger partial charge in [0.2, 0.25) is 0 Å². The summed E-state index contributed by atoms with van der Waals surface area (Å²) in [5.74, 6) is 0. The second-order valence-electron chi connectivity index (χ2n) is 5.39. The van der Waals surface area contributed by atoms with Gasteiger partial charge in [-0.05, 0) is 60.5 Å². The van der Waals surface area contributed by atoms with Crippen LogP contribution in [0.3, 0.4) is 0 Å². The molecule has 1 aliphatic heterocycles. The molecular weight excluding hydrogens is 232 g/mol. The number of fused-ring (bicyclic) bond motifs is 1. The van der Waals surface area contributed by atoms with Gasteiger partial charge in [-0.25, -0.2) is 0 Å². The van der Waals surface area contributed by atoms with Crippen LogP contribution in [0, 0.1) is 0 Å². The molecule has 0 aliphatic carbocycles. The average Bonchev–Trinajstić information content (AvgIpc) is 2.93. The molecule has 1 aromatic heterocycles. The predicted molar refractivity (Wildman–Crippen MR) is 82.2 cm³/mol. The molecule has 1 fully saturated rings. The molecule has 2 heteroatoms. The van der Waals surface area contributed by atoms with Crippen molar-refractivity contribution in [3.05, 3.63) is 41.6 Å². The molecule has 0 spiro atoms. The Morgan fingerprint density at radius 3 is 3.00 bits per heavy atom. The van der Waals surface area contributed by atoms with E-state index in [-0.39, 0.29) is 0 Å². The van der Waals surface area contributed by atoms with Crippen LogP contribution in [0.25, 0.3) is 16.5 Å². The molecule has 0 bridgehead atoms. The quantitative estimate of drug-likeness (QED) is 0.847. The van der Waals surface area contributed by atoms with Crippen molar-refractivity contribution in [2.24, 2.45) is 0 Å². The summed E-state index contributed by atoms with van der Waals surface area (Å²) >= 11 is 0. The smallest absolute Gasteiger partial charge is 0.0454 e. The molecule has 1 aromatic carbocycles. The number of allylic oxidation sites excluding steroid dienone is 1. The van der Waals surface area contributed by atoms with Crippen molar-refractivity contribution in [3.8, 4) is 0 Å². The number of benzene rings is 1. The Bertz CT molecular complexity index is 584. The van der Waals surface area contributed by atoms with Gasteiger partial charge in [0, 0.05) is 18.3 Å². The minimum Gasteiger partial charge on any atom is -0.361 e. The van der Waals surface area contributed by atoms with Crippen LogP contribution < -0.4 is 5.32 Å². The first kappa shape index (κ1) is 12.5. The predicted octanol–water partition coefficient (Wildman–Crippen LogP) is 4.11. The van der Waals surface area contributed by atoms with E-state index in [1.165, 1.54) is 48.7 Å². The topological polar surface area (TPSA) is 27.8 Å². The van der Waals surface area contributed by atoms with Crippen LogP contribution in [0.15, 0.2) is 36.0 Å². The first-order valence-corrected chi connectivity index (χ1v) is 7.37. The van der Waals surface area contributed by atoms with E-state index < -0.39 is 0 Å². The first-order chi connectivity index (χ1) is 9.38. The van der Waals surface area contributed by atoms with Crippen molar-refractivity contribution in [1.29, 1.82) is 0 Å². The highest BCUT2D eigenvalue weighted by Gasteiger charge is 2.12.